The summed E-state index contributed by atoms with van der Waals surface area (Å²) in [5.41, 5.74) is 6.15. The molecule has 1 rings (SSSR count). The van der Waals surface area contributed by atoms with Crippen molar-refractivity contribution in [2.75, 3.05) is 30.4 Å². The third-order valence-corrected chi connectivity index (χ3v) is 2.70. The van der Waals surface area contributed by atoms with Gasteiger partial charge in [-0.25, -0.2) is 18.1 Å². The van der Waals surface area contributed by atoms with Gasteiger partial charge in [0.1, 0.15) is 12.0 Å². The van der Waals surface area contributed by atoms with Crippen LogP contribution in [0.15, 0.2) is 6.33 Å². The van der Waals surface area contributed by atoms with E-state index < -0.39 is 10.0 Å². The normalized spacial score (nSPS) is 11.6. The average molecular weight is 289 g/mol. The van der Waals surface area contributed by atoms with Gasteiger partial charge >= 0.3 is 0 Å². The Labute approximate surface area is 112 Å². The zero-order chi connectivity index (χ0) is 14.5. The molecule has 9 heteroatoms. The largest absolute Gasteiger partial charge is 0.473 e. The number of anilines is 2. The molecular formula is C10H19N5O3S. The van der Waals surface area contributed by atoms with Crippen molar-refractivity contribution < 1.29 is 13.2 Å². The van der Waals surface area contributed by atoms with Gasteiger partial charge in [-0.1, -0.05) is 0 Å². The van der Waals surface area contributed by atoms with E-state index in [1.165, 1.54) is 6.33 Å². The molecule has 0 bridgehead atoms. The Morgan fingerprint density at radius 3 is 2.63 bits per heavy atom. The number of ether oxygens (including phenoxy) is 1. The van der Waals surface area contributed by atoms with E-state index in [-0.39, 0.29) is 12.6 Å². The Kier molecular flexibility index (Phi) is 5.31. The highest BCUT2D eigenvalue weighted by molar-refractivity contribution is 7.88. The van der Waals surface area contributed by atoms with E-state index in [1.54, 1.807) is 0 Å². The fraction of sp³-hybridized carbons (Fsp3) is 0.600. The van der Waals surface area contributed by atoms with Gasteiger partial charge in [0.05, 0.1) is 12.4 Å². The molecule has 0 radical (unpaired) electrons. The molecule has 0 fully saturated rings. The van der Waals surface area contributed by atoms with Crippen molar-refractivity contribution in [3.05, 3.63) is 6.33 Å². The first kappa shape index (κ1) is 15.4. The highest BCUT2D eigenvalue weighted by Crippen LogP contribution is 2.24. The Morgan fingerprint density at radius 1 is 1.37 bits per heavy atom. The molecule has 19 heavy (non-hydrogen) atoms. The number of nitrogens with two attached hydrogens (primary N) is 1. The van der Waals surface area contributed by atoms with Gasteiger partial charge in [0.25, 0.3) is 0 Å². The van der Waals surface area contributed by atoms with Crippen LogP contribution >= 0.6 is 0 Å². The van der Waals surface area contributed by atoms with Crippen LogP contribution in [0, 0.1) is 0 Å². The first-order valence-corrected chi connectivity index (χ1v) is 7.64. The maximum Gasteiger partial charge on any atom is 0.242 e. The van der Waals surface area contributed by atoms with E-state index in [0.29, 0.717) is 23.9 Å². The lowest BCUT2D eigenvalue weighted by Crippen LogP contribution is -2.28. The molecule has 1 heterocycles. The van der Waals surface area contributed by atoms with Crippen LogP contribution in [0.1, 0.15) is 13.8 Å². The van der Waals surface area contributed by atoms with E-state index in [1.807, 2.05) is 13.8 Å². The molecule has 108 valence electrons. The molecule has 4 N–H and O–H groups in total. The van der Waals surface area contributed by atoms with Gasteiger partial charge in [0.2, 0.25) is 15.9 Å². The van der Waals surface area contributed by atoms with Crippen molar-refractivity contribution in [2.24, 2.45) is 0 Å². The minimum absolute atomic E-state index is 0.0445. The number of nitrogens with zero attached hydrogens (tertiary/aromatic N) is 2. The zero-order valence-corrected chi connectivity index (χ0v) is 12.0. The molecule has 0 aliphatic carbocycles. The van der Waals surface area contributed by atoms with Crippen LogP contribution in [-0.4, -0.2) is 43.8 Å². The molecule has 0 spiro atoms. The molecule has 0 atom stereocenters. The third kappa shape index (κ3) is 5.71. The Morgan fingerprint density at radius 2 is 2.05 bits per heavy atom. The predicted octanol–water partition coefficient (Wildman–Crippen LogP) is -0.193. The minimum atomic E-state index is -3.19. The summed E-state index contributed by atoms with van der Waals surface area (Å²) in [5.74, 6) is 0.726. The average Bonchev–Trinajstić information content (AvgIpc) is 2.27. The van der Waals surface area contributed by atoms with E-state index >= 15 is 0 Å². The minimum Gasteiger partial charge on any atom is -0.473 e. The Bertz CT molecular complexity index is 518. The molecule has 8 nitrogen and oxygen atoms in total. The maximum atomic E-state index is 10.9. The van der Waals surface area contributed by atoms with Gasteiger partial charge in [-0.3, -0.25) is 0 Å². The predicted molar refractivity (Wildman–Crippen MR) is 73.5 cm³/mol. The second-order valence-corrected chi connectivity index (χ2v) is 6.03. The van der Waals surface area contributed by atoms with Gasteiger partial charge in [-0.15, -0.1) is 0 Å². The quantitative estimate of drug-likeness (QED) is 0.595. The molecule has 0 aliphatic heterocycles. The lowest BCUT2D eigenvalue weighted by atomic mass is 10.4. The molecule has 0 aliphatic rings. The topological polar surface area (TPSA) is 119 Å². The van der Waals surface area contributed by atoms with E-state index in [4.69, 9.17) is 10.5 Å². The summed E-state index contributed by atoms with van der Waals surface area (Å²) < 4.78 is 29.5. The standard InChI is InChI=1S/C10H19N5O3S/c1-7(2)18-10-8(11)9(13-6-14-10)12-4-5-15-19(3,16)17/h6-7,15H,4-5,11H2,1-3H3,(H,12,13,14). The molecule has 0 amide bonds. The number of nitrogen functional groups attached to an aromatic ring is 1. The van der Waals surface area contributed by atoms with Crippen LogP contribution in [0.25, 0.3) is 0 Å². The van der Waals surface area contributed by atoms with E-state index in [2.05, 4.69) is 20.0 Å². The van der Waals surface area contributed by atoms with Crippen LogP contribution in [0.2, 0.25) is 0 Å². The van der Waals surface area contributed by atoms with Gasteiger partial charge in [0, 0.05) is 13.1 Å². The summed E-state index contributed by atoms with van der Waals surface area (Å²) >= 11 is 0. The summed E-state index contributed by atoms with van der Waals surface area (Å²) in [4.78, 5) is 7.91. The van der Waals surface area contributed by atoms with Crippen molar-refractivity contribution in [2.45, 2.75) is 20.0 Å². The van der Waals surface area contributed by atoms with Crippen LogP contribution in [0.4, 0.5) is 11.5 Å². The highest BCUT2D eigenvalue weighted by Gasteiger charge is 2.10. The highest BCUT2D eigenvalue weighted by atomic mass is 32.2. The van der Waals surface area contributed by atoms with Gasteiger partial charge in [-0.2, -0.15) is 4.98 Å². The number of hydrogen-bond donors (Lipinski definition) is 3. The summed E-state index contributed by atoms with van der Waals surface area (Å²) in [6, 6.07) is 0. The summed E-state index contributed by atoms with van der Waals surface area (Å²) in [7, 11) is -3.19. The first-order valence-electron chi connectivity index (χ1n) is 5.75. The summed E-state index contributed by atoms with van der Waals surface area (Å²) in [6.07, 6.45) is 2.39. The molecule has 1 aromatic heterocycles. The number of rotatable bonds is 7. The fourth-order valence-electron chi connectivity index (χ4n) is 1.25. The Balaban J connectivity index is 2.59. The summed E-state index contributed by atoms with van der Waals surface area (Å²) in [5, 5.41) is 2.92. The van der Waals surface area contributed by atoms with Gasteiger partial charge in [-0.05, 0) is 13.8 Å². The molecule has 0 unspecified atom stereocenters. The lowest BCUT2D eigenvalue weighted by Gasteiger charge is -2.13. The van der Waals surface area contributed by atoms with E-state index in [9.17, 15) is 8.42 Å². The van der Waals surface area contributed by atoms with Crippen molar-refractivity contribution >= 4 is 21.5 Å². The number of nitrogens with one attached hydrogen (secondary N) is 2. The lowest BCUT2D eigenvalue weighted by molar-refractivity contribution is 0.234. The number of sulfonamides is 1. The van der Waals surface area contributed by atoms with E-state index in [0.717, 1.165) is 6.26 Å². The molecular weight excluding hydrogens is 270 g/mol. The molecule has 0 saturated carbocycles. The fourth-order valence-corrected chi connectivity index (χ4v) is 1.73. The first-order chi connectivity index (χ1) is 8.79. The van der Waals surface area contributed by atoms with Crippen LogP contribution in [0.3, 0.4) is 0 Å². The summed E-state index contributed by atoms with van der Waals surface area (Å²) in [6.45, 7) is 4.33. The van der Waals surface area contributed by atoms with Crippen LogP contribution in [-0.2, 0) is 10.0 Å². The van der Waals surface area contributed by atoms with Crippen LogP contribution < -0.4 is 20.5 Å². The van der Waals surface area contributed by atoms with Crippen LogP contribution in [0.5, 0.6) is 5.88 Å². The van der Waals surface area contributed by atoms with Crippen molar-refractivity contribution in [3.63, 3.8) is 0 Å². The molecule has 0 aromatic carbocycles. The Hall–Kier alpha value is -1.61. The van der Waals surface area contributed by atoms with Crippen molar-refractivity contribution in [3.8, 4) is 5.88 Å². The SMILES string of the molecule is CC(C)Oc1ncnc(NCCNS(C)(=O)=O)c1N. The van der Waals surface area contributed by atoms with Gasteiger partial charge < -0.3 is 15.8 Å². The second-order valence-electron chi connectivity index (χ2n) is 4.20. The third-order valence-electron chi connectivity index (χ3n) is 1.98. The second kappa shape index (κ2) is 6.53. The van der Waals surface area contributed by atoms with Crippen molar-refractivity contribution in [1.29, 1.82) is 0 Å². The maximum absolute atomic E-state index is 10.9. The number of aromatic nitrogens is 2. The molecule has 1 aromatic rings. The molecule has 0 saturated heterocycles. The zero-order valence-electron chi connectivity index (χ0n) is 11.2. The smallest absolute Gasteiger partial charge is 0.242 e. The number of hydrogen-bond acceptors (Lipinski definition) is 7. The van der Waals surface area contributed by atoms with Crippen molar-refractivity contribution in [1.82, 2.24) is 14.7 Å². The monoisotopic (exact) mass is 289 g/mol. The van der Waals surface area contributed by atoms with Gasteiger partial charge in [0.15, 0.2) is 5.82 Å².